The molecule has 4 rings (SSSR count). The van der Waals surface area contributed by atoms with Crippen LogP contribution in [0, 0.1) is 23.7 Å². The van der Waals surface area contributed by atoms with Gasteiger partial charge in [-0.2, -0.15) is 0 Å². The Hall–Kier alpha value is -1.24. The summed E-state index contributed by atoms with van der Waals surface area (Å²) < 4.78 is 0. The first-order chi connectivity index (χ1) is 7.92. The van der Waals surface area contributed by atoms with Crippen molar-refractivity contribution in [3.8, 4) is 0 Å². The van der Waals surface area contributed by atoms with Gasteiger partial charge in [-0.3, -0.25) is 0 Å². The minimum Gasteiger partial charge on any atom is -0.371 e. The van der Waals surface area contributed by atoms with Crippen LogP contribution in [0.25, 0.3) is 0 Å². The fourth-order valence-corrected chi connectivity index (χ4v) is 4.00. The van der Waals surface area contributed by atoms with E-state index in [1.54, 1.807) is 0 Å². The second kappa shape index (κ2) is 3.13. The van der Waals surface area contributed by atoms with E-state index in [0.717, 1.165) is 23.7 Å². The van der Waals surface area contributed by atoms with Crippen LogP contribution in [0.4, 0.5) is 5.69 Å². The van der Waals surface area contributed by atoms with Crippen LogP contribution in [-0.2, 0) is 0 Å². The van der Waals surface area contributed by atoms with Crippen LogP contribution in [0.1, 0.15) is 6.42 Å². The van der Waals surface area contributed by atoms with E-state index >= 15 is 0 Å². The summed E-state index contributed by atoms with van der Waals surface area (Å²) in [6, 6.07) is 10.9. The van der Waals surface area contributed by atoms with Crippen LogP contribution < -0.4 is 4.90 Å². The molecule has 1 heteroatoms. The Morgan fingerprint density at radius 3 is 2.12 bits per heavy atom. The predicted octanol–water partition coefficient (Wildman–Crippen LogP) is 2.94. The zero-order valence-corrected chi connectivity index (χ0v) is 9.42. The zero-order valence-electron chi connectivity index (χ0n) is 9.42. The third-order valence-electron chi connectivity index (χ3n) is 4.78. The lowest BCUT2D eigenvalue weighted by atomic mass is 9.86. The monoisotopic (exact) mass is 211 g/mol. The standard InChI is InChI=1S/C15H17N/c1-2-4-13(5-3-1)16-9-14-11-6-7-12(8-11)15(14)10-16/h1-7,11-12,14-15H,8-10H2/t11-,12+,14-,15+. The molecule has 1 saturated carbocycles. The molecule has 0 unspecified atom stereocenters. The van der Waals surface area contributed by atoms with E-state index in [2.05, 4.69) is 47.4 Å². The van der Waals surface area contributed by atoms with E-state index in [1.165, 1.54) is 25.2 Å². The van der Waals surface area contributed by atoms with Crippen molar-refractivity contribution in [3.63, 3.8) is 0 Å². The molecule has 0 radical (unpaired) electrons. The molecular weight excluding hydrogens is 194 g/mol. The average molecular weight is 211 g/mol. The highest BCUT2D eigenvalue weighted by Crippen LogP contribution is 2.51. The Morgan fingerprint density at radius 1 is 0.875 bits per heavy atom. The molecule has 3 aliphatic rings. The van der Waals surface area contributed by atoms with Gasteiger partial charge in [0.25, 0.3) is 0 Å². The van der Waals surface area contributed by atoms with Crippen molar-refractivity contribution in [3.05, 3.63) is 42.5 Å². The van der Waals surface area contributed by atoms with Gasteiger partial charge in [0, 0.05) is 18.8 Å². The van der Waals surface area contributed by atoms with Crippen molar-refractivity contribution < 1.29 is 0 Å². The number of allylic oxidation sites excluding steroid dienone is 2. The number of hydrogen-bond donors (Lipinski definition) is 0. The van der Waals surface area contributed by atoms with Crippen molar-refractivity contribution in [1.29, 1.82) is 0 Å². The van der Waals surface area contributed by atoms with Gasteiger partial charge < -0.3 is 4.90 Å². The Bertz CT molecular complexity index is 402. The van der Waals surface area contributed by atoms with Gasteiger partial charge in [0.2, 0.25) is 0 Å². The molecule has 82 valence electrons. The molecular formula is C15H17N. The Labute approximate surface area is 96.8 Å². The first-order valence-electron chi connectivity index (χ1n) is 6.40. The van der Waals surface area contributed by atoms with E-state index in [1.807, 2.05) is 0 Å². The first kappa shape index (κ1) is 8.86. The van der Waals surface area contributed by atoms with Crippen molar-refractivity contribution >= 4 is 5.69 Å². The second-order valence-corrected chi connectivity index (χ2v) is 5.52. The summed E-state index contributed by atoms with van der Waals surface area (Å²) in [7, 11) is 0. The predicted molar refractivity (Wildman–Crippen MR) is 66.4 cm³/mol. The fourth-order valence-electron chi connectivity index (χ4n) is 4.00. The van der Waals surface area contributed by atoms with Gasteiger partial charge in [0.05, 0.1) is 0 Å². The van der Waals surface area contributed by atoms with Crippen molar-refractivity contribution in [2.24, 2.45) is 23.7 Å². The van der Waals surface area contributed by atoms with Crippen molar-refractivity contribution in [1.82, 2.24) is 0 Å². The number of hydrogen-bond acceptors (Lipinski definition) is 1. The molecule has 1 nitrogen and oxygen atoms in total. The quantitative estimate of drug-likeness (QED) is 0.646. The zero-order chi connectivity index (χ0) is 10.5. The maximum atomic E-state index is 2.58. The van der Waals surface area contributed by atoms with Gasteiger partial charge in [-0.15, -0.1) is 0 Å². The number of nitrogens with zero attached hydrogens (tertiary/aromatic N) is 1. The summed E-state index contributed by atoms with van der Waals surface area (Å²) in [5, 5.41) is 0. The first-order valence-corrected chi connectivity index (χ1v) is 6.40. The number of rotatable bonds is 1. The fraction of sp³-hybridized carbons (Fsp3) is 0.467. The average Bonchev–Trinajstić information content (AvgIpc) is 3.02. The van der Waals surface area contributed by atoms with Crippen LogP contribution in [0.5, 0.6) is 0 Å². The van der Waals surface area contributed by atoms with Crippen LogP contribution in [0.3, 0.4) is 0 Å². The molecule has 0 spiro atoms. The highest BCUT2D eigenvalue weighted by molar-refractivity contribution is 5.48. The maximum Gasteiger partial charge on any atom is 0.0366 e. The SMILES string of the molecule is C1=C[C@H]2C[C@@H]1[C@H]1CN(c3ccccc3)C[C@H]12. The molecule has 1 aromatic rings. The Kier molecular flexibility index (Phi) is 1.73. The van der Waals surface area contributed by atoms with Gasteiger partial charge in [0.15, 0.2) is 0 Å². The lowest BCUT2D eigenvalue weighted by Crippen LogP contribution is -2.22. The highest BCUT2D eigenvalue weighted by Gasteiger charge is 2.49. The van der Waals surface area contributed by atoms with E-state index < -0.39 is 0 Å². The highest BCUT2D eigenvalue weighted by atomic mass is 15.2. The summed E-state index contributed by atoms with van der Waals surface area (Å²) in [5.41, 5.74) is 1.41. The summed E-state index contributed by atoms with van der Waals surface area (Å²) in [6.45, 7) is 2.56. The van der Waals surface area contributed by atoms with Crippen LogP contribution in [-0.4, -0.2) is 13.1 Å². The van der Waals surface area contributed by atoms with E-state index in [9.17, 15) is 0 Å². The molecule has 2 bridgehead atoms. The second-order valence-electron chi connectivity index (χ2n) is 5.52. The van der Waals surface area contributed by atoms with Crippen LogP contribution in [0.2, 0.25) is 0 Å². The Morgan fingerprint density at radius 2 is 1.50 bits per heavy atom. The van der Waals surface area contributed by atoms with Gasteiger partial charge >= 0.3 is 0 Å². The molecule has 2 fully saturated rings. The molecule has 16 heavy (non-hydrogen) atoms. The van der Waals surface area contributed by atoms with Gasteiger partial charge in [0.1, 0.15) is 0 Å². The molecule has 4 atom stereocenters. The third-order valence-corrected chi connectivity index (χ3v) is 4.78. The number of benzene rings is 1. The molecule has 0 amide bonds. The lowest BCUT2D eigenvalue weighted by molar-refractivity contribution is 0.395. The van der Waals surface area contributed by atoms with Crippen LogP contribution >= 0.6 is 0 Å². The summed E-state index contributed by atoms with van der Waals surface area (Å²) in [6.07, 6.45) is 6.39. The molecule has 1 aliphatic heterocycles. The van der Waals surface area contributed by atoms with Gasteiger partial charge in [-0.05, 0) is 42.2 Å². The molecule has 0 aromatic heterocycles. The minimum atomic E-state index is 0.892. The maximum absolute atomic E-state index is 2.58. The normalized spacial score (nSPS) is 39.4. The van der Waals surface area contributed by atoms with E-state index in [-0.39, 0.29) is 0 Å². The number of anilines is 1. The summed E-state index contributed by atoms with van der Waals surface area (Å²) in [4.78, 5) is 2.58. The van der Waals surface area contributed by atoms with E-state index in [4.69, 9.17) is 0 Å². The number of para-hydroxylation sites is 1. The summed E-state index contributed by atoms with van der Waals surface area (Å²) in [5.74, 6) is 3.66. The molecule has 1 heterocycles. The molecule has 1 aromatic carbocycles. The van der Waals surface area contributed by atoms with Crippen molar-refractivity contribution in [2.45, 2.75) is 6.42 Å². The number of fused-ring (bicyclic) bond motifs is 5. The van der Waals surface area contributed by atoms with Gasteiger partial charge in [-0.1, -0.05) is 30.4 Å². The molecule has 1 saturated heterocycles. The van der Waals surface area contributed by atoms with Crippen LogP contribution in [0.15, 0.2) is 42.5 Å². The molecule has 0 N–H and O–H groups in total. The summed E-state index contributed by atoms with van der Waals surface area (Å²) >= 11 is 0. The largest absolute Gasteiger partial charge is 0.371 e. The van der Waals surface area contributed by atoms with E-state index in [0.29, 0.717) is 0 Å². The lowest BCUT2D eigenvalue weighted by Gasteiger charge is -2.20. The topological polar surface area (TPSA) is 3.24 Å². The van der Waals surface area contributed by atoms with Gasteiger partial charge in [-0.25, -0.2) is 0 Å². The smallest absolute Gasteiger partial charge is 0.0366 e. The molecule has 2 aliphatic carbocycles. The Balaban J connectivity index is 1.60. The van der Waals surface area contributed by atoms with Crippen molar-refractivity contribution in [2.75, 3.05) is 18.0 Å². The minimum absolute atomic E-state index is 0.892. The third kappa shape index (κ3) is 1.12.